The molecule has 0 fully saturated rings. The molecule has 0 aliphatic heterocycles. The quantitative estimate of drug-likeness (QED) is 0.762. The van der Waals surface area contributed by atoms with Crippen molar-refractivity contribution in [2.45, 2.75) is 12.2 Å². The lowest BCUT2D eigenvalue weighted by molar-refractivity contribution is 0.0476. The molecule has 0 radical (unpaired) electrons. The first kappa shape index (κ1) is 11.9. The maximum Gasteiger partial charge on any atom is 0.170 e. The summed E-state index contributed by atoms with van der Waals surface area (Å²) in [5.74, 6) is -2.22. The Hall–Kier alpha value is -1.22. The summed E-state index contributed by atoms with van der Waals surface area (Å²) >= 11 is 5.35. The zero-order valence-electron chi connectivity index (χ0n) is 7.28. The summed E-state index contributed by atoms with van der Waals surface area (Å²) < 4.78 is 26.3. The first-order chi connectivity index (χ1) is 6.97. The molecule has 0 bridgehead atoms. The van der Waals surface area contributed by atoms with Crippen LogP contribution in [0.1, 0.15) is 11.7 Å². The second-order valence-electron chi connectivity index (χ2n) is 2.80. The van der Waals surface area contributed by atoms with Crippen LogP contribution in [0.2, 0.25) is 5.02 Å². The molecule has 0 heterocycles. The SMILES string of the molecule is N#CC(O)C(O)c1c(F)cc(Cl)cc1F. The molecule has 6 heteroatoms. The molecule has 2 N–H and O–H groups in total. The van der Waals surface area contributed by atoms with E-state index in [-0.39, 0.29) is 5.02 Å². The number of aliphatic hydroxyl groups excluding tert-OH is 2. The Bertz CT molecular complexity index is 396. The number of halogens is 3. The van der Waals surface area contributed by atoms with Crippen LogP contribution in [0.4, 0.5) is 8.78 Å². The van der Waals surface area contributed by atoms with E-state index in [0.717, 1.165) is 12.1 Å². The number of rotatable bonds is 2. The van der Waals surface area contributed by atoms with Crippen LogP contribution in [-0.2, 0) is 0 Å². The van der Waals surface area contributed by atoms with E-state index in [9.17, 15) is 13.9 Å². The van der Waals surface area contributed by atoms with E-state index in [1.54, 1.807) is 0 Å². The van der Waals surface area contributed by atoms with Crippen LogP contribution in [0, 0.1) is 23.0 Å². The van der Waals surface area contributed by atoms with Gasteiger partial charge in [-0.2, -0.15) is 5.26 Å². The number of hydrogen-bond donors (Lipinski definition) is 2. The number of nitrogens with zero attached hydrogens (tertiary/aromatic N) is 1. The first-order valence-corrected chi connectivity index (χ1v) is 4.25. The normalized spacial score (nSPS) is 14.4. The molecule has 2 atom stereocenters. The summed E-state index contributed by atoms with van der Waals surface area (Å²) in [6.07, 6.45) is -3.83. The van der Waals surface area contributed by atoms with Crippen LogP contribution in [0.5, 0.6) is 0 Å². The monoisotopic (exact) mass is 233 g/mol. The Labute approximate surface area is 89.1 Å². The standard InChI is InChI=1S/C9H6ClF2NO2/c10-4-1-5(11)8(6(12)2-4)9(15)7(14)3-13/h1-2,7,9,14-15H. The van der Waals surface area contributed by atoms with Gasteiger partial charge < -0.3 is 10.2 Å². The Morgan fingerprint density at radius 3 is 2.13 bits per heavy atom. The second-order valence-corrected chi connectivity index (χ2v) is 3.24. The zero-order chi connectivity index (χ0) is 11.6. The minimum absolute atomic E-state index is 0.174. The van der Waals surface area contributed by atoms with E-state index in [4.69, 9.17) is 22.0 Å². The predicted octanol–water partition coefficient (Wildman–Crippen LogP) is 1.54. The molecular formula is C9H6ClF2NO2. The Balaban J connectivity index is 3.21. The smallest absolute Gasteiger partial charge is 0.170 e. The molecule has 3 nitrogen and oxygen atoms in total. The Kier molecular flexibility index (Phi) is 3.58. The largest absolute Gasteiger partial charge is 0.384 e. The number of nitriles is 1. The molecule has 1 aromatic rings. The minimum Gasteiger partial charge on any atom is -0.384 e. The molecule has 0 aromatic heterocycles. The van der Waals surface area contributed by atoms with Gasteiger partial charge in [-0.15, -0.1) is 0 Å². The van der Waals surface area contributed by atoms with E-state index >= 15 is 0 Å². The van der Waals surface area contributed by atoms with Gasteiger partial charge in [0.1, 0.15) is 17.7 Å². The summed E-state index contributed by atoms with van der Waals surface area (Å²) in [4.78, 5) is 0. The third kappa shape index (κ3) is 2.42. The van der Waals surface area contributed by atoms with Crippen LogP contribution >= 0.6 is 11.6 Å². The van der Waals surface area contributed by atoms with Crippen molar-refractivity contribution in [2.24, 2.45) is 0 Å². The third-order valence-corrected chi connectivity index (χ3v) is 1.99. The van der Waals surface area contributed by atoms with Gasteiger partial charge in [0.05, 0.1) is 11.6 Å². The van der Waals surface area contributed by atoms with Gasteiger partial charge >= 0.3 is 0 Å². The van der Waals surface area contributed by atoms with Crippen molar-refractivity contribution in [1.82, 2.24) is 0 Å². The molecule has 1 rings (SSSR count). The third-order valence-electron chi connectivity index (χ3n) is 1.77. The highest BCUT2D eigenvalue weighted by atomic mass is 35.5. The fraction of sp³-hybridized carbons (Fsp3) is 0.222. The summed E-state index contributed by atoms with van der Waals surface area (Å²) in [5, 5.41) is 26.3. The molecule has 15 heavy (non-hydrogen) atoms. The van der Waals surface area contributed by atoms with Gasteiger partial charge in [-0.25, -0.2) is 8.78 Å². The molecule has 0 aliphatic carbocycles. The molecule has 1 aromatic carbocycles. The van der Waals surface area contributed by atoms with Gasteiger partial charge in [-0.05, 0) is 12.1 Å². The van der Waals surface area contributed by atoms with Gasteiger partial charge in [0, 0.05) is 5.02 Å². The highest BCUT2D eigenvalue weighted by molar-refractivity contribution is 6.30. The highest BCUT2D eigenvalue weighted by Gasteiger charge is 2.25. The lowest BCUT2D eigenvalue weighted by Gasteiger charge is -2.13. The van der Waals surface area contributed by atoms with Gasteiger partial charge in [0.25, 0.3) is 0 Å². The average Bonchev–Trinajstić information content (AvgIpc) is 2.14. The van der Waals surface area contributed by atoms with Crippen molar-refractivity contribution in [1.29, 1.82) is 5.26 Å². The summed E-state index contributed by atoms with van der Waals surface area (Å²) in [6, 6.07) is 2.84. The van der Waals surface area contributed by atoms with Gasteiger partial charge in [-0.1, -0.05) is 11.6 Å². The van der Waals surface area contributed by atoms with Crippen LogP contribution < -0.4 is 0 Å². The fourth-order valence-electron chi connectivity index (χ4n) is 1.06. The molecule has 0 aliphatic rings. The lowest BCUT2D eigenvalue weighted by atomic mass is 10.0. The maximum absolute atomic E-state index is 13.2. The number of benzene rings is 1. The summed E-state index contributed by atoms with van der Waals surface area (Å²) in [5.41, 5.74) is -0.770. The van der Waals surface area contributed by atoms with E-state index in [0.29, 0.717) is 0 Å². The topological polar surface area (TPSA) is 64.2 Å². The van der Waals surface area contributed by atoms with Gasteiger partial charge in [0.2, 0.25) is 0 Å². The molecular weight excluding hydrogens is 228 g/mol. The van der Waals surface area contributed by atoms with E-state index in [1.807, 2.05) is 0 Å². The van der Waals surface area contributed by atoms with E-state index in [1.165, 1.54) is 6.07 Å². The van der Waals surface area contributed by atoms with Gasteiger partial charge in [-0.3, -0.25) is 0 Å². The maximum atomic E-state index is 13.2. The van der Waals surface area contributed by atoms with E-state index < -0.39 is 29.4 Å². The zero-order valence-corrected chi connectivity index (χ0v) is 8.04. The molecule has 0 amide bonds. The lowest BCUT2D eigenvalue weighted by Crippen LogP contribution is -2.18. The highest BCUT2D eigenvalue weighted by Crippen LogP contribution is 2.26. The second kappa shape index (κ2) is 4.53. The van der Waals surface area contributed by atoms with Crippen LogP contribution in [0.3, 0.4) is 0 Å². The van der Waals surface area contributed by atoms with Crippen molar-refractivity contribution in [2.75, 3.05) is 0 Å². The van der Waals surface area contributed by atoms with Crippen molar-refractivity contribution in [3.63, 3.8) is 0 Å². The Morgan fingerprint density at radius 1 is 1.27 bits per heavy atom. The van der Waals surface area contributed by atoms with Gasteiger partial charge in [0.15, 0.2) is 6.10 Å². The van der Waals surface area contributed by atoms with Crippen LogP contribution in [0.25, 0.3) is 0 Å². The molecule has 80 valence electrons. The van der Waals surface area contributed by atoms with Crippen LogP contribution in [0.15, 0.2) is 12.1 Å². The van der Waals surface area contributed by atoms with Crippen molar-refractivity contribution in [3.05, 3.63) is 34.4 Å². The Morgan fingerprint density at radius 2 is 1.73 bits per heavy atom. The molecule has 0 spiro atoms. The molecule has 2 unspecified atom stereocenters. The molecule has 0 saturated heterocycles. The number of hydrogen-bond acceptors (Lipinski definition) is 3. The van der Waals surface area contributed by atoms with Crippen molar-refractivity contribution >= 4 is 11.6 Å². The number of aliphatic hydroxyl groups is 2. The average molecular weight is 234 g/mol. The first-order valence-electron chi connectivity index (χ1n) is 3.87. The minimum atomic E-state index is -1.94. The fourth-order valence-corrected chi connectivity index (χ4v) is 1.26. The van der Waals surface area contributed by atoms with Crippen molar-refractivity contribution < 1.29 is 19.0 Å². The van der Waals surface area contributed by atoms with Crippen molar-refractivity contribution in [3.8, 4) is 6.07 Å². The van der Waals surface area contributed by atoms with Crippen LogP contribution in [-0.4, -0.2) is 16.3 Å². The predicted molar refractivity (Wildman–Crippen MR) is 47.9 cm³/mol. The molecule has 0 saturated carbocycles. The van der Waals surface area contributed by atoms with E-state index in [2.05, 4.69) is 0 Å². The summed E-state index contributed by atoms with van der Waals surface area (Å²) in [6.45, 7) is 0. The summed E-state index contributed by atoms with van der Waals surface area (Å²) in [7, 11) is 0.